The minimum Gasteiger partial charge on any atom is -0.316 e. The SMILES string of the molecule is FC(F)(F)c1ccc(-c2cc(C(CNCCCN3CCN(C(c4ccccc4)c4ccccc4)CC3)C3CC3)cc(C(F)(F)F)n2)cc1. The topological polar surface area (TPSA) is 31.4 Å². The molecule has 1 aliphatic heterocycles. The molecular formula is C38H40F6N4. The maximum Gasteiger partial charge on any atom is 0.433 e. The van der Waals surface area contributed by atoms with Crippen molar-refractivity contribution in [1.29, 1.82) is 0 Å². The van der Waals surface area contributed by atoms with E-state index in [0.717, 1.165) is 76.7 Å². The van der Waals surface area contributed by atoms with E-state index in [-0.39, 0.29) is 29.1 Å². The summed E-state index contributed by atoms with van der Waals surface area (Å²) in [4.78, 5) is 8.82. The molecule has 4 nitrogen and oxygen atoms in total. The number of benzene rings is 3. The molecule has 48 heavy (non-hydrogen) atoms. The summed E-state index contributed by atoms with van der Waals surface area (Å²) in [6, 6.07) is 28.2. The number of hydrogen-bond acceptors (Lipinski definition) is 4. The zero-order chi connectivity index (χ0) is 33.7. The Kier molecular flexibility index (Phi) is 10.5. The van der Waals surface area contributed by atoms with Crippen LogP contribution in [0.3, 0.4) is 0 Å². The molecule has 254 valence electrons. The minimum atomic E-state index is -4.68. The lowest BCUT2D eigenvalue weighted by Crippen LogP contribution is -2.48. The average Bonchev–Trinajstić information content (AvgIpc) is 3.93. The lowest BCUT2D eigenvalue weighted by Gasteiger charge is -2.40. The van der Waals surface area contributed by atoms with Gasteiger partial charge < -0.3 is 10.2 Å². The third-order valence-electron chi connectivity index (χ3n) is 9.46. The standard InChI is InChI=1S/C38H40F6N4/c39-37(40,41)32-16-14-28(15-17-32)34-24-31(25-35(46-34)38(42,43)44)33(27-12-13-27)26-45-18-7-19-47-20-22-48(23-21-47)36(29-8-3-1-4-9-29)30-10-5-2-6-11-30/h1-6,8-11,14-17,24-25,27,33,36,45H,7,12-13,18-23,26H2. The number of hydrogen-bond donors (Lipinski definition) is 1. The van der Waals surface area contributed by atoms with Gasteiger partial charge in [0.2, 0.25) is 0 Å². The number of pyridine rings is 1. The van der Waals surface area contributed by atoms with Crippen molar-refractivity contribution < 1.29 is 26.3 Å². The molecule has 2 heterocycles. The molecule has 1 N–H and O–H groups in total. The van der Waals surface area contributed by atoms with E-state index >= 15 is 0 Å². The predicted octanol–water partition coefficient (Wildman–Crippen LogP) is 8.67. The maximum atomic E-state index is 13.9. The smallest absolute Gasteiger partial charge is 0.316 e. The molecule has 3 aromatic carbocycles. The van der Waals surface area contributed by atoms with Crippen molar-refractivity contribution in [2.45, 2.75) is 43.6 Å². The average molecular weight is 667 g/mol. The molecule has 2 aliphatic rings. The van der Waals surface area contributed by atoms with Crippen LogP contribution in [-0.4, -0.2) is 60.6 Å². The summed E-state index contributed by atoms with van der Waals surface area (Å²) in [6.45, 7) is 6.04. The fourth-order valence-electron chi connectivity index (χ4n) is 6.76. The fourth-order valence-corrected chi connectivity index (χ4v) is 6.76. The Bertz CT molecular complexity index is 1560. The van der Waals surface area contributed by atoms with Gasteiger partial charge in [0.25, 0.3) is 0 Å². The molecule has 1 unspecified atom stereocenters. The Morgan fingerprint density at radius 2 is 1.31 bits per heavy atom. The van der Waals surface area contributed by atoms with Gasteiger partial charge in [0, 0.05) is 38.3 Å². The number of alkyl halides is 6. The van der Waals surface area contributed by atoms with E-state index in [4.69, 9.17) is 0 Å². The van der Waals surface area contributed by atoms with Crippen molar-refractivity contribution in [1.82, 2.24) is 20.1 Å². The van der Waals surface area contributed by atoms with E-state index in [0.29, 0.717) is 12.1 Å². The Morgan fingerprint density at radius 1 is 0.708 bits per heavy atom. The monoisotopic (exact) mass is 666 g/mol. The van der Waals surface area contributed by atoms with Crippen LogP contribution in [-0.2, 0) is 12.4 Å². The van der Waals surface area contributed by atoms with Crippen molar-refractivity contribution >= 4 is 0 Å². The highest BCUT2D eigenvalue weighted by atomic mass is 19.4. The zero-order valence-corrected chi connectivity index (χ0v) is 26.7. The van der Waals surface area contributed by atoms with Crippen molar-refractivity contribution in [2.24, 2.45) is 5.92 Å². The maximum absolute atomic E-state index is 13.9. The third-order valence-corrected chi connectivity index (χ3v) is 9.46. The van der Waals surface area contributed by atoms with E-state index in [1.165, 1.54) is 23.3 Å². The van der Waals surface area contributed by atoms with E-state index < -0.39 is 23.6 Å². The summed E-state index contributed by atoms with van der Waals surface area (Å²) < 4.78 is 80.9. The molecule has 1 atom stereocenters. The molecule has 0 amide bonds. The highest BCUT2D eigenvalue weighted by Gasteiger charge is 2.37. The van der Waals surface area contributed by atoms with E-state index in [9.17, 15) is 26.3 Å². The molecule has 4 aromatic rings. The lowest BCUT2D eigenvalue weighted by atomic mass is 9.92. The van der Waals surface area contributed by atoms with Crippen molar-refractivity contribution in [2.75, 3.05) is 45.8 Å². The quantitative estimate of drug-likeness (QED) is 0.121. The van der Waals surface area contributed by atoms with Gasteiger partial charge in [0.05, 0.1) is 17.3 Å². The van der Waals surface area contributed by atoms with Crippen LogP contribution in [0.25, 0.3) is 11.3 Å². The molecule has 1 aliphatic carbocycles. The number of nitrogens with zero attached hydrogens (tertiary/aromatic N) is 3. The molecule has 1 saturated heterocycles. The van der Waals surface area contributed by atoms with E-state index in [2.05, 4.69) is 68.6 Å². The van der Waals surface area contributed by atoms with E-state index in [1.54, 1.807) is 6.07 Å². The van der Waals surface area contributed by atoms with Crippen LogP contribution in [0.15, 0.2) is 97.1 Å². The number of nitrogens with one attached hydrogen (secondary N) is 1. The first-order valence-corrected chi connectivity index (χ1v) is 16.6. The molecule has 0 bridgehead atoms. The lowest BCUT2D eigenvalue weighted by molar-refractivity contribution is -0.141. The first-order chi connectivity index (χ1) is 23.1. The molecule has 1 aromatic heterocycles. The van der Waals surface area contributed by atoms with Gasteiger partial charge in [-0.05, 0) is 85.1 Å². The van der Waals surface area contributed by atoms with Gasteiger partial charge in [-0.1, -0.05) is 72.8 Å². The van der Waals surface area contributed by atoms with Gasteiger partial charge in [-0.15, -0.1) is 0 Å². The summed E-state index contributed by atoms with van der Waals surface area (Å²) in [5, 5.41) is 3.49. The molecule has 6 rings (SSSR count). The van der Waals surface area contributed by atoms with Crippen LogP contribution >= 0.6 is 0 Å². The molecular weight excluding hydrogens is 626 g/mol. The molecule has 10 heteroatoms. The first kappa shape index (κ1) is 34.1. The van der Waals surface area contributed by atoms with Gasteiger partial charge in [0.1, 0.15) is 5.69 Å². The van der Waals surface area contributed by atoms with Crippen molar-refractivity contribution in [3.05, 3.63) is 125 Å². The Morgan fingerprint density at radius 3 is 1.85 bits per heavy atom. The third kappa shape index (κ3) is 8.64. The summed E-state index contributed by atoms with van der Waals surface area (Å²) in [7, 11) is 0. The number of aromatic nitrogens is 1. The van der Waals surface area contributed by atoms with E-state index in [1.807, 2.05) is 12.1 Å². The molecule has 2 fully saturated rings. The van der Waals surface area contributed by atoms with Gasteiger partial charge in [0.15, 0.2) is 0 Å². The molecule has 0 radical (unpaired) electrons. The summed E-state index contributed by atoms with van der Waals surface area (Å²) >= 11 is 0. The van der Waals surface area contributed by atoms with Crippen molar-refractivity contribution in [3.8, 4) is 11.3 Å². The summed E-state index contributed by atoms with van der Waals surface area (Å²) in [5.41, 5.74) is 1.45. The minimum absolute atomic E-state index is 0.0279. The zero-order valence-electron chi connectivity index (χ0n) is 26.7. The van der Waals surface area contributed by atoms with Crippen molar-refractivity contribution in [3.63, 3.8) is 0 Å². The Balaban J connectivity index is 1.04. The van der Waals surface area contributed by atoms with Crippen LogP contribution in [0.4, 0.5) is 26.3 Å². The molecule has 0 spiro atoms. The van der Waals surface area contributed by atoms with Crippen LogP contribution in [0.5, 0.6) is 0 Å². The van der Waals surface area contributed by atoms with Gasteiger partial charge >= 0.3 is 12.4 Å². The second-order valence-electron chi connectivity index (χ2n) is 12.8. The number of halogens is 6. The summed E-state index contributed by atoms with van der Waals surface area (Å²) in [5.74, 6) is 0.121. The number of rotatable bonds is 12. The van der Waals surface area contributed by atoms with Gasteiger partial charge in [-0.25, -0.2) is 4.98 Å². The van der Waals surface area contributed by atoms with Crippen LogP contribution in [0.2, 0.25) is 0 Å². The van der Waals surface area contributed by atoms with Gasteiger partial charge in [-0.2, -0.15) is 26.3 Å². The highest BCUT2D eigenvalue weighted by Crippen LogP contribution is 2.44. The first-order valence-electron chi connectivity index (χ1n) is 16.6. The Labute approximate surface area is 277 Å². The predicted molar refractivity (Wildman–Crippen MR) is 175 cm³/mol. The second-order valence-corrected chi connectivity index (χ2v) is 12.8. The van der Waals surface area contributed by atoms with Crippen LogP contribution in [0, 0.1) is 5.92 Å². The normalized spacial score (nSPS) is 17.1. The van der Waals surface area contributed by atoms with Crippen LogP contribution < -0.4 is 5.32 Å². The number of piperazine rings is 1. The Hall–Kier alpha value is -3.73. The fraction of sp³-hybridized carbons (Fsp3) is 0.395. The van der Waals surface area contributed by atoms with Gasteiger partial charge in [-0.3, -0.25) is 4.90 Å². The highest BCUT2D eigenvalue weighted by molar-refractivity contribution is 5.61. The summed E-state index contributed by atoms with van der Waals surface area (Å²) in [6.07, 6.45) is -6.43. The van der Waals surface area contributed by atoms with Crippen LogP contribution in [0.1, 0.15) is 59.2 Å². The largest absolute Gasteiger partial charge is 0.433 e. The second kappa shape index (κ2) is 14.8. The molecule has 1 saturated carbocycles.